The predicted octanol–water partition coefficient (Wildman–Crippen LogP) is 3.11. The molecule has 0 saturated heterocycles. The molecule has 0 bridgehead atoms. The summed E-state index contributed by atoms with van der Waals surface area (Å²) in [7, 11) is -2.44. The largest absolute Gasteiger partial charge is 0.285 e. The number of carbonyl (C=O) groups excluding carboxylic acids is 1. The molecule has 0 radical (unpaired) electrons. The van der Waals surface area contributed by atoms with Crippen LogP contribution in [0.15, 0.2) is 34.7 Å². The fourth-order valence-corrected chi connectivity index (χ4v) is 2.80. The molecule has 0 aliphatic carbocycles. The summed E-state index contributed by atoms with van der Waals surface area (Å²) in [6.07, 6.45) is 3.33. The Bertz CT molecular complexity index is 487. The smallest absolute Gasteiger partial charge is 0.266 e. The Balaban J connectivity index is 2.96. The number of hydrogen-bond acceptors (Lipinski definition) is 2. The molecule has 17 heavy (non-hydrogen) atoms. The molecule has 1 aromatic rings. The molecule has 2 atom stereocenters. The van der Waals surface area contributed by atoms with Crippen LogP contribution in [0.3, 0.4) is 0 Å². The molecule has 0 aromatic heterocycles. The highest BCUT2D eigenvalue weighted by atomic mass is 32.2. The van der Waals surface area contributed by atoms with Crippen molar-refractivity contribution in [2.45, 2.75) is 31.9 Å². The van der Waals surface area contributed by atoms with E-state index in [1.54, 1.807) is 30.5 Å². The van der Waals surface area contributed by atoms with E-state index in [0.29, 0.717) is 5.56 Å². The molecule has 1 aromatic carbocycles. The van der Waals surface area contributed by atoms with Crippen molar-refractivity contribution in [2.75, 3.05) is 6.26 Å². The summed E-state index contributed by atoms with van der Waals surface area (Å²) in [5.41, 5.74) is 0.491. The van der Waals surface area contributed by atoms with Gasteiger partial charge in [-0.1, -0.05) is 31.5 Å². The Hall–Kier alpha value is -1.16. The highest BCUT2D eigenvalue weighted by Crippen LogP contribution is 2.11. The van der Waals surface area contributed by atoms with Crippen LogP contribution >= 0.6 is 0 Å². The lowest BCUT2D eigenvalue weighted by Crippen LogP contribution is -2.17. The molecule has 94 valence electrons. The molecule has 0 aliphatic heterocycles. The SMILES string of the molecule is CCCC(C)S(C)(=O)=NC(=O)c1ccccc1. The van der Waals surface area contributed by atoms with Gasteiger partial charge in [-0.3, -0.25) is 4.79 Å². The number of carbonyl (C=O) groups is 1. The quantitative estimate of drug-likeness (QED) is 0.827. The molecule has 0 fully saturated rings. The van der Waals surface area contributed by atoms with Gasteiger partial charge >= 0.3 is 0 Å². The van der Waals surface area contributed by atoms with Crippen LogP contribution in [0.1, 0.15) is 37.0 Å². The zero-order chi connectivity index (χ0) is 12.9. The average molecular weight is 253 g/mol. The summed E-state index contributed by atoms with van der Waals surface area (Å²) in [4.78, 5) is 11.8. The summed E-state index contributed by atoms with van der Waals surface area (Å²) < 4.78 is 16.2. The molecule has 0 N–H and O–H groups in total. The van der Waals surface area contributed by atoms with Crippen LogP contribution in [-0.2, 0) is 9.73 Å². The second-order valence-electron chi connectivity index (χ2n) is 4.22. The van der Waals surface area contributed by atoms with E-state index >= 15 is 0 Å². The van der Waals surface area contributed by atoms with Gasteiger partial charge in [0.05, 0.1) is 9.73 Å². The molecule has 0 saturated carbocycles. The lowest BCUT2D eigenvalue weighted by Gasteiger charge is -2.11. The van der Waals surface area contributed by atoms with Crippen molar-refractivity contribution in [2.24, 2.45) is 4.36 Å². The molecule has 1 rings (SSSR count). The van der Waals surface area contributed by atoms with E-state index in [9.17, 15) is 9.00 Å². The van der Waals surface area contributed by atoms with Crippen molar-refractivity contribution in [1.82, 2.24) is 0 Å². The van der Waals surface area contributed by atoms with Crippen LogP contribution in [0.4, 0.5) is 0 Å². The molecule has 1 amide bonds. The third-order valence-electron chi connectivity index (χ3n) is 2.73. The van der Waals surface area contributed by atoms with Crippen molar-refractivity contribution in [3.8, 4) is 0 Å². The van der Waals surface area contributed by atoms with Gasteiger partial charge in [-0.25, -0.2) is 4.21 Å². The first kappa shape index (κ1) is 13.9. The summed E-state index contributed by atoms with van der Waals surface area (Å²) in [5, 5.41) is -0.0554. The van der Waals surface area contributed by atoms with E-state index in [-0.39, 0.29) is 11.2 Å². The number of benzene rings is 1. The van der Waals surface area contributed by atoms with E-state index in [1.807, 2.05) is 19.9 Å². The fraction of sp³-hybridized carbons (Fsp3) is 0.462. The van der Waals surface area contributed by atoms with E-state index < -0.39 is 9.73 Å². The Morgan fingerprint density at radius 1 is 1.35 bits per heavy atom. The minimum atomic E-state index is -2.44. The lowest BCUT2D eigenvalue weighted by atomic mass is 10.2. The Labute approximate surface area is 103 Å². The van der Waals surface area contributed by atoms with Crippen molar-refractivity contribution in [1.29, 1.82) is 0 Å². The fourth-order valence-electron chi connectivity index (χ4n) is 1.51. The van der Waals surface area contributed by atoms with E-state index in [4.69, 9.17) is 0 Å². The lowest BCUT2D eigenvalue weighted by molar-refractivity contribution is 0.100. The summed E-state index contributed by atoms with van der Waals surface area (Å²) in [6.45, 7) is 3.92. The Morgan fingerprint density at radius 2 is 1.94 bits per heavy atom. The van der Waals surface area contributed by atoms with Gasteiger partial charge in [-0.05, 0) is 25.5 Å². The van der Waals surface area contributed by atoms with E-state index in [2.05, 4.69) is 4.36 Å². The maximum atomic E-state index is 12.3. The molecule has 3 nitrogen and oxygen atoms in total. The molecule has 4 heteroatoms. The van der Waals surface area contributed by atoms with Crippen LogP contribution in [0.25, 0.3) is 0 Å². The van der Waals surface area contributed by atoms with Gasteiger partial charge in [0.25, 0.3) is 5.91 Å². The zero-order valence-corrected chi connectivity index (χ0v) is 11.4. The van der Waals surface area contributed by atoms with E-state index in [1.165, 1.54) is 0 Å². The third-order valence-corrected chi connectivity index (χ3v) is 4.98. The second-order valence-corrected chi connectivity index (χ2v) is 6.93. The van der Waals surface area contributed by atoms with Gasteiger partial charge in [0.15, 0.2) is 0 Å². The number of nitrogens with zero attached hydrogens (tertiary/aromatic N) is 1. The molecular weight excluding hydrogens is 234 g/mol. The minimum absolute atomic E-state index is 0.0554. The van der Waals surface area contributed by atoms with Crippen molar-refractivity contribution in [3.63, 3.8) is 0 Å². The van der Waals surface area contributed by atoms with Crippen LogP contribution in [0, 0.1) is 0 Å². The van der Waals surface area contributed by atoms with Crippen molar-refractivity contribution < 1.29 is 9.00 Å². The monoisotopic (exact) mass is 253 g/mol. The van der Waals surface area contributed by atoms with Gasteiger partial charge in [0.2, 0.25) is 0 Å². The van der Waals surface area contributed by atoms with Gasteiger partial charge in [-0.2, -0.15) is 4.36 Å². The summed E-state index contributed by atoms with van der Waals surface area (Å²) in [6, 6.07) is 8.75. The first-order valence-corrected chi connectivity index (χ1v) is 7.76. The molecule has 2 unspecified atom stereocenters. The van der Waals surface area contributed by atoms with Crippen molar-refractivity contribution >= 4 is 15.6 Å². The third kappa shape index (κ3) is 3.97. The summed E-state index contributed by atoms with van der Waals surface area (Å²) >= 11 is 0. The van der Waals surface area contributed by atoms with Gasteiger partial charge in [0.1, 0.15) is 0 Å². The number of hydrogen-bond donors (Lipinski definition) is 0. The standard InChI is InChI=1S/C13H19NO2S/c1-4-8-11(2)17(3,16)14-13(15)12-9-6-5-7-10-12/h5-7,9-11H,4,8H2,1-3H3. The van der Waals surface area contributed by atoms with Crippen molar-refractivity contribution in [3.05, 3.63) is 35.9 Å². The topological polar surface area (TPSA) is 46.5 Å². The maximum Gasteiger partial charge on any atom is 0.285 e. The number of amides is 1. The average Bonchev–Trinajstić information content (AvgIpc) is 2.30. The summed E-state index contributed by atoms with van der Waals surface area (Å²) in [5.74, 6) is -0.388. The minimum Gasteiger partial charge on any atom is -0.266 e. The highest BCUT2D eigenvalue weighted by molar-refractivity contribution is 7.93. The Morgan fingerprint density at radius 3 is 2.47 bits per heavy atom. The van der Waals surface area contributed by atoms with Crippen LogP contribution in [0.2, 0.25) is 0 Å². The van der Waals surface area contributed by atoms with Crippen LogP contribution < -0.4 is 0 Å². The Kier molecular flexibility index (Phi) is 4.87. The normalized spacial score (nSPS) is 15.9. The predicted molar refractivity (Wildman–Crippen MR) is 71.6 cm³/mol. The molecule has 0 heterocycles. The number of rotatable bonds is 4. The first-order chi connectivity index (χ1) is 7.97. The second kappa shape index (κ2) is 5.96. The van der Waals surface area contributed by atoms with Gasteiger partial charge in [0, 0.05) is 17.1 Å². The molecule has 0 spiro atoms. The van der Waals surface area contributed by atoms with E-state index in [0.717, 1.165) is 12.8 Å². The zero-order valence-electron chi connectivity index (χ0n) is 10.6. The molecule has 0 aliphatic rings. The van der Waals surface area contributed by atoms with Crippen LogP contribution in [0.5, 0.6) is 0 Å². The van der Waals surface area contributed by atoms with Gasteiger partial charge < -0.3 is 0 Å². The van der Waals surface area contributed by atoms with Crippen LogP contribution in [-0.4, -0.2) is 21.6 Å². The van der Waals surface area contributed by atoms with Gasteiger partial charge in [-0.15, -0.1) is 0 Å². The maximum absolute atomic E-state index is 12.3. The first-order valence-electron chi connectivity index (χ1n) is 5.77. The highest BCUT2D eigenvalue weighted by Gasteiger charge is 2.15. The molecular formula is C13H19NO2S.